The number of carbonyl (C=O) groups is 3. The summed E-state index contributed by atoms with van der Waals surface area (Å²) in [5.41, 5.74) is 3.82. The highest BCUT2D eigenvalue weighted by Gasteiger charge is 2.19. The van der Waals surface area contributed by atoms with Crippen molar-refractivity contribution < 1.29 is 28.6 Å². The molecule has 0 saturated carbocycles. The first-order valence-electron chi connectivity index (χ1n) is 23.2. The van der Waals surface area contributed by atoms with Gasteiger partial charge in [0.1, 0.15) is 0 Å². The van der Waals surface area contributed by atoms with Crippen molar-refractivity contribution in [2.24, 2.45) is 51.8 Å². The van der Waals surface area contributed by atoms with Crippen molar-refractivity contribution >= 4 is 17.9 Å². The molecule has 0 N–H and O–H groups in total. The molecule has 0 rings (SSSR count). The molecule has 0 aliphatic heterocycles. The third-order valence-electron chi connectivity index (χ3n) is 9.62. The molecule has 0 radical (unpaired) electrons. The second kappa shape index (κ2) is 33.9. The Labute approximate surface area is 374 Å². The van der Waals surface area contributed by atoms with Gasteiger partial charge in [0, 0.05) is 16.7 Å². The first-order chi connectivity index (χ1) is 27.1. The van der Waals surface area contributed by atoms with Gasteiger partial charge in [-0.3, -0.25) is 0 Å². The molecule has 0 aromatic rings. The van der Waals surface area contributed by atoms with Crippen LogP contribution in [0.2, 0.25) is 0 Å². The fourth-order valence-electron chi connectivity index (χ4n) is 6.69. The SMILES string of the molecule is C=C(C)C(=O)OCC(C)CC(C)CC(C)(C)C.C=C(C)C(=O)OCC(C)CC(C)CC(C)C.C=C(C)C(=O)OCC(CCCC(C)(C)C)CCCC(C)(C)C.C=C(C)CC. The number of esters is 3. The number of hydrogen-bond acceptors (Lipinski definition) is 6. The Kier molecular flexibility index (Phi) is 36.2. The smallest absolute Gasteiger partial charge is 0.333 e. The Morgan fingerprint density at radius 2 is 0.800 bits per heavy atom. The predicted molar refractivity (Wildman–Crippen MR) is 262 cm³/mol. The van der Waals surface area contributed by atoms with Crippen LogP contribution in [0.3, 0.4) is 0 Å². The lowest BCUT2D eigenvalue weighted by molar-refractivity contribution is -0.141. The van der Waals surface area contributed by atoms with Crippen LogP contribution in [-0.4, -0.2) is 37.7 Å². The molecule has 6 nitrogen and oxygen atoms in total. The van der Waals surface area contributed by atoms with E-state index in [1.807, 2.05) is 6.92 Å². The highest BCUT2D eigenvalue weighted by Crippen LogP contribution is 2.29. The van der Waals surface area contributed by atoms with Gasteiger partial charge in [-0.1, -0.05) is 149 Å². The maximum absolute atomic E-state index is 11.6. The average molecular weight is 847 g/mol. The third kappa shape index (κ3) is 49.7. The summed E-state index contributed by atoms with van der Waals surface area (Å²) in [5.74, 6) is 2.60. The molecule has 0 aliphatic carbocycles. The second-order valence-corrected chi connectivity index (χ2v) is 22.5. The predicted octanol–water partition coefficient (Wildman–Crippen LogP) is 16.1. The zero-order valence-corrected chi connectivity index (χ0v) is 43.6. The van der Waals surface area contributed by atoms with E-state index in [4.69, 9.17) is 14.2 Å². The van der Waals surface area contributed by atoms with Gasteiger partial charge in [0.25, 0.3) is 0 Å². The van der Waals surface area contributed by atoms with E-state index in [0.717, 1.165) is 38.0 Å². The topological polar surface area (TPSA) is 78.9 Å². The molecule has 0 heterocycles. The zero-order valence-electron chi connectivity index (χ0n) is 43.6. The summed E-state index contributed by atoms with van der Waals surface area (Å²) in [5, 5.41) is 0. The van der Waals surface area contributed by atoms with Gasteiger partial charge in [-0.05, 0) is 137 Å². The normalized spacial score (nSPS) is 13.4. The standard InChI is InChI=1S/C20H38O2.C15H28O2.C14H26O2.C5H10/c1-16(2)18(21)22-15-17(11-9-13-19(3,4)5)12-10-14-20(6,7)8;1-11(2)14(16)17-10-13(4)8-12(3)9-15(5,6)7;1-10(2)7-12(5)8-13(6)9-16-14(15)11(3)4;1-4-5(2)3/h17H,1,9-15H2,2-8H3;12-13H,1,8-10H2,2-7H3;10,12-13H,3,7-9H2,1-2,4-6H3;2,4H2,1,3H3. The minimum atomic E-state index is -0.277. The number of rotatable bonds is 23. The Morgan fingerprint density at radius 3 is 1.07 bits per heavy atom. The van der Waals surface area contributed by atoms with E-state index in [1.165, 1.54) is 44.1 Å². The van der Waals surface area contributed by atoms with E-state index in [1.54, 1.807) is 20.8 Å². The third-order valence-corrected chi connectivity index (χ3v) is 9.62. The molecule has 0 amide bonds. The molecule has 0 spiro atoms. The van der Waals surface area contributed by atoms with Crippen LogP contribution in [0.15, 0.2) is 48.6 Å². The van der Waals surface area contributed by atoms with Crippen molar-refractivity contribution in [2.45, 2.75) is 209 Å². The summed E-state index contributed by atoms with van der Waals surface area (Å²) in [4.78, 5) is 34.0. The maximum atomic E-state index is 11.6. The number of allylic oxidation sites excluding steroid dienone is 1. The Morgan fingerprint density at radius 1 is 0.483 bits per heavy atom. The van der Waals surface area contributed by atoms with Crippen LogP contribution >= 0.6 is 0 Å². The van der Waals surface area contributed by atoms with Gasteiger partial charge >= 0.3 is 17.9 Å². The van der Waals surface area contributed by atoms with Crippen LogP contribution in [0.5, 0.6) is 0 Å². The largest absolute Gasteiger partial charge is 0.462 e. The summed E-state index contributed by atoms with van der Waals surface area (Å²) in [6.45, 7) is 58.9. The van der Waals surface area contributed by atoms with E-state index >= 15 is 0 Å². The summed E-state index contributed by atoms with van der Waals surface area (Å²) >= 11 is 0. The monoisotopic (exact) mass is 847 g/mol. The van der Waals surface area contributed by atoms with Gasteiger partial charge in [-0.25, -0.2) is 14.4 Å². The highest BCUT2D eigenvalue weighted by atomic mass is 16.5. The molecule has 6 heteroatoms. The molecule has 0 aromatic heterocycles. The quantitative estimate of drug-likeness (QED) is 0.0441. The lowest BCUT2D eigenvalue weighted by Crippen LogP contribution is -2.17. The van der Waals surface area contributed by atoms with Gasteiger partial charge in [-0.2, -0.15) is 0 Å². The Bertz CT molecular complexity index is 1200. The Hall–Kier alpha value is -2.63. The Balaban J connectivity index is -0.000000375. The molecule has 0 saturated heterocycles. The van der Waals surface area contributed by atoms with Crippen molar-refractivity contribution in [3.8, 4) is 0 Å². The first-order valence-corrected chi connectivity index (χ1v) is 23.2. The highest BCUT2D eigenvalue weighted by molar-refractivity contribution is 5.87. The van der Waals surface area contributed by atoms with E-state index in [0.29, 0.717) is 82.4 Å². The average Bonchev–Trinajstić information content (AvgIpc) is 3.06. The van der Waals surface area contributed by atoms with Crippen molar-refractivity contribution in [2.75, 3.05) is 19.8 Å². The number of hydrogen-bond donors (Lipinski definition) is 0. The lowest BCUT2D eigenvalue weighted by Gasteiger charge is -2.25. The molecule has 0 fully saturated rings. The number of ether oxygens (including phenoxy) is 3. The van der Waals surface area contributed by atoms with Crippen LogP contribution in [0.4, 0.5) is 0 Å². The summed E-state index contributed by atoms with van der Waals surface area (Å²) < 4.78 is 15.7. The van der Waals surface area contributed by atoms with E-state index in [-0.39, 0.29) is 17.9 Å². The molecule has 0 bridgehead atoms. The van der Waals surface area contributed by atoms with Crippen molar-refractivity contribution in [1.82, 2.24) is 0 Å². The number of carbonyl (C=O) groups excluding carboxylic acids is 3. The summed E-state index contributed by atoms with van der Waals surface area (Å²) in [6.07, 6.45) is 12.9. The van der Waals surface area contributed by atoms with Gasteiger partial charge in [0.2, 0.25) is 0 Å². The van der Waals surface area contributed by atoms with Crippen LogP contribution in [0.25, 0.3) is 0 Å². The molecular weight excluding hydrogens is 745 g/mol. The second-order valence-electron chi connectivity index (χ2n) is 22.5. The maximum Gasteiger partial charge on any atom is 0.333 e. The van der Waals surface area contributed by atoms with Crippen LogP contribution in [0.1, 0.15) is 209 Å². The fourth-order valence-corrected chi connectivity index (χ4v) is 6.69. The van der Waals surface area contributed by atoms with Crippen molar-refractivity contribution in [1.29, 1.82) is 0 Å². The van der Waals surface area contributed by atoms with Crippen LogP contribution in [0, 0.1) is 51.8 Å². The van der Waals surface area contributed by atoms with Crippen molar-refractivity contribution in [3.63, 3.8) is 0 Å². The molecule has 4 unspecified atom stereocenters. The minimum absolute atomic E-state index is 0.253. The molecule has 4 atom stereocenters. The van der Waals surface area contributed by atoms with Crippen LogP contribution < -0.4 is 0 Å². The fraction of sp³-hybridized carbons (Fsp3) is 0.796. The summed E-state index contributed by atoms with van der Waals surface area (Å²) in [7, 11) is 0. The molecule has 354 valence electrons. The van der Waals surface area contributed by atoms with Gasteiger partial charge < -0.3 is 14.2 Å². The van der Waals surface area contributed by atoms with E-state index in [2.05, 4.69) is 137 Å². The summed E-state index contributed by atoms with van der Waals surface area (Å²) in [6, 6.07) is 0. The van der Waals surface area contributed by atoms with Crippen molar-refractivity contribution in [3.05, 3.63) is 48.6 Å². The molecular formula is C54H102O6. The minimum Gasteiger partial charge on any atom is -0.462 e. The lowest BCUT2D eigenvalue weighted by atomic mass is 9.82. The van der Waals surface area contributed by atoms with E-state index < -0.39 is 0 Å². The molecule has 0 aromatic carbocycles. The zero-order chi connectivity index (χ0) is 48.0. The molecule has 0 aliphatic rings. The van der Waals surface area contributed by atoms with Gasteiger partial charge in [0.15, 0.2) is 0 Å². The van der Waals surface area contributed by atoms with E-state index in [9.17, 15) is 14.4 Å². The van der Waals surface area contributed by atoms with Gasteiger partial charge in [0.05, 0.1) is 19.8 Å². The molecule has 60 heavy (non-hydrogen) atoms. The first kappa shape index (κ1) is 64.0. The van der Waals surface area contributed by atoms with Gasteiger partial charge in [-0.15, -0.1) is 6.58 Å². The van der Waals surface area contributed by atoms with Crippen LogP contribution in [-0.2, 0) is 28.6 Å².